The summed E-state index contributed by atoms with van der Waals surface area (Å²) >= 11 is 13.1. The first-order valence-corrected chi connectivity index (χ1v) is 7.53. The Balaban J connectivity index is 2.33. The monoisotopic (exact) mass is 428 g/mol. The molecule has 5 heteroatoms. The third kappa shape index (κ3) is 2.79. The van der Waals surface area contributed by atoms with E-state index in [0.29, 0.717) is 5.02 Å². The van der Waals surface area contributed by atoms with Crippen molar-refractivity contribution < 1.29 is 5.11 Å². The molecule has 0 radical (unpaired) electrons. The molecular weight excluding hydrogens is 422 g/mol. The molecule has 0 aliphatic heterocycles. The van der Waals surface area contributed by atoms with Crippen molar-refractivity contribution in [3.05, 3.63) is 53.2 Å². The molecule has 0 fully saturated rings. The third-order valence-corrected chi connectivity index (χ3v) is 5.37. The minimum atomic E-state index is -0.606. The second-order valence-corrected chi connectivity index (χ2v) is 7.28. The Kier molecular flexibility index (Phi) is 4.29. The second kappa shape index (κ2) is 5.35. The van der Waals surface area contributed by atoms with Crippen LogP contribution in [0, 0.1) is 3.57 Å². The summed E-state index contributed by atoms with van der Waals surface area (Å²) in [5.41, 5.74) is 0.819. The largest absolute Gasteiger partial charge is 0.383 e. The lowest BCUT2D eigenvalue weighted by Gasteiger charge is -2.09. The minimum absolute atomic E-state index is 0.606. The van der Waals surface area contributed by atoms with Crippen molar-refractivity contribution in [2.75, 3.05) is 0 Å². The summed E-state index contributed by atoms with van der Waals surface area (Å²) in [7, 11) is 0. The molecule has 84 valence electrons. The van der Waals surface area contributed by atoms with E-state index in [4.69, 9.17) is 11.6 Å². The molecular formula is C11H7BrClIOS. The third-order valence-electron chi connectivity index (χ3n) is 2.12. The summed E-state index contributed by atoms with van der Waals surface area (Å²) < 4.78 is 2.00. The Bertz CT molecular complexity index is 514. The summed E-state index contributed by atoms with van der Waals surface area (Å²) in [6.45, 7) is 0. The molecule has 1 aromatic heterocycles. The van der Waals surface area contributed by atoms with Gasteiger partial charge in [0.25, 0.3) is 0 Å². The van der Waals surface area contributed by atoms with Gasteiger partial charge in [-0.15, -0.1) is 11.3 Å². The normalized spacial score (nSPS) is 12.8. The van der Waals surface area contributed by atoms with Crippen LogP contribution in [-0.2, 0) is 0 Å². The molecule has 2 aromatic rings. The average molecular weight is 430 g/mol. The van der Waals surface area contributed by atoms with Crippen molar-refractivity contribution in [2.24, 2.45) is 0 Å². The van der Waals surface area contributed by atoms with Crippen LogP contribution in [0.15, 0.2) is 34.1 Å². The summed E-state index contributed by atoms with van der Waals surface area (Å²) in [5, 5.41) is 10.8. The molecule has 0 spiro atoms. The van der Waals surface area contributed by atoms with E-state index in [0.717, 1.165) is 17.8 Å². The van der Waals surface area contributed by atoms with Gasteiger partial charge in [0.1, 0.15) is 6.10 Å². The quantitative estimate of drug-likeness (QED) is 0.677. The van der Waals surface area contributed by atoms with Crippen molar-refractivity contribution in [1.29, 1.82) is 0 Å². The smallest absolute Gasteiger partial charge is 0.113 e. The Morgan fingerprint density at radius 3 is 2.62 bits per heavy atom. The summed E-state index contributed by atoms with van der Waals surface area (Å²) in [4.78, 5) is 0.907. The molecule has 0 saturated heterocycles. The van der Waals surface area contributed by atoms with Crippen LogP contribution >= 0.6 is 61.5 Å². The Hall–Kier alpha value is 0.380. The summed E-state index contributed by atoms with van der Waals surface area (Å²) in [6, 6.07) is 9.44. The van der Waals surface area contributed by atoms with Crippen LogP contribution in [-0.4, -0.2) is 5.11 Å². The van der Waals surface area contributed by atoms with E-state index in [1.807, 2.05) is 30.3 Å². The van der Waals surface area contributed by atoms with Gasteiger partial charge < -0.3 is 5.11 Å². The first-order chi connectivity index (χ1) is 7.58. The van der Waals surface area contributed by atoms with E-state index in [1.54, 1.807) is 0 Å². The lowest BCUT2D eigenvalue weighted by molar-refractivity contribution is 0.224. The van der Waals surface area contributed by atoms with Crippen molar-refractivity contribution in [3.8, 4) is 0 Å². The molecule has 0 aliphatic rings. The highest BCUT2D eigenvalue weighted by molar-refractivity contribution is 14.1. The van der Waals surface area contributed by atoms with Gasteiger partial charge in [-0.05, 0) is 68.3 Å². The maximum Gasteiger partial charge on any atom is 0.113 e. The van der Waals surface area contributed by atoms with Crippen LogP contribution in [0.4, 0.5) is 0 Å². The van der Waals surface area contributed by atoms with Gasteiger partial charge in [-0.2, -0.15) is 0 Å². The van der Waals surface area contributed by atoms with E-state index >= 15 is 0 Å². The maximum atomic E-state index is 10.1. The molecule has 1 N–H and O–H groups in total. The Labute approximate surface area is 125 Å². The number of aliphatic hydroxyl groups excluding tert-OH is 1. The minimum Gasteiger partial charge on any atom is -0.383 e. The van der Waals surface area contributed by atoms with Gasteiger partial charge in [-0.25, -0.2) is 0 Å². The van der Waals surface area contributed by atoms with Crippen molar-refractivity contribution >= 4 is 61.5 Å². The lowest BCUT2D eigenvalue weighted by Crippen LogP contribution is -1.97. The zero-order valence-electron chi connectivity index (χ0n) is 7.95. The van der Waals surface area contributed by atoms with Crippen molar-refractivity contribution in [2.45, 2.75) is 6.10 Å². The van der Waals surface area contributed by atoms with Crippen molar-refractivity contribution in [1.82, 2.24) is 0 Å². The number of thiophene rings is 1. The topological polar surface area (TPSA) is 20.2 Å². The number of aliphatic hydroxyl groups is 1. The number of hydrogen-bond donors (Lipinski definition) is 1. The van der Waals surface area contributed by atoms with Gasteiger partial charge in [0.2, 0.25) is 0 Å². The average Bonchev–Trinajstić information content (AvgIpc) is 2.68. The van der Waals surface area contributed by atoms with E-state index < -0.39 is 6.10 Å². The maximum absolute atomic E-state index is 10.1. The zero-order chi connectivity index (χ0) is 11.7. The van der Waals surface area contributed by atoms with E-state index in [1.165, 1.54) is 11.3 Å². The van der Waals surface area contributed by atoms with Crippen LogP contribution in [0.25, 0.3) is 0 Å². The molecule has 2 rings (SSSR count). The highest BCUT2D eigenvalue weighted by atomic mass is 127. The molecule has 1 aromatic carbocycles. The Morgan fingerprint density at radius 2 is 2.06 bits per heavy atom. The lowest BCUT2D eigenvalue weighted by atomic mass is 10.1. The fraction of sp³-hybridized carbons (Fsp3) is 0.0909. The second-order valence-electron chi connectivity index (χ2n) is 3.22. The van der Waals surface area contributed by atoms with Crippen LogP contribution in [0.1, 0.15) is 16.5 Å². The highest BCUT2D eigenvalue weighted by Crippen LogP contribution is 2.32. The first kappa shape index (κ1) is 12.8. The highest BCUT2D eigenvalue weighted by Gasteiger charge is 2.13. The predicted octanol–water partition coefficient (Wildman–Crippen LogP) is 4.85. The predicted molar refractivity (Wildman–Crippen MR) is 80.2 cm³/mol. The molecule has 1 heterocycles. The number of halogens is 3. The fourth-order valence-electron chi connectivity index (χ4n) is 1.32. The number of hydrogen-bond acceptors (Lipinski definition) is 2. The fourth-order valence-corrected chi connectivity index (χ4v) is 3.28. The van der Waals surface area contributed by atoms with Gasteiger partial charge in [0.05, 0.1) is 8.81 Å². The molecule has 16 heavy (non-hydrogen) atoms. The zero-order valence-corrected chi connectivity index (χ0v) is 13.3. The molecule has 0 amide bonds. The SMILES string of the molecule is OC(c1ccc(I)c(Cl)c1)c1ccc(Br)s1. The summed E-state index contributed by atoms with van der Waals surface area (Å²) in [5.74, 6) is 0. The van der Waals surface area contributed by atoms with Crippen LogP contribution in [0.3, 0.4) is 0 Å². The molecule has 1 atom stereocenters. The first-order valence-electron chi connectivity index (χ1n) is 4.46. The number of rotatable bonds is 2. The standard InChI is InChI=1S/C11H7BrClIOS/c12-10-4-3-9(16-10)11(15)6-1-2-8(14)7(13)5-6/h1-5,11,15H. The van der Waals surface area contributed by atoms with Gasteiger partial charge in [-0.3, -0.25) is 0 Å². The van der Waals surface area contributed by atoms with Crippen LogP contribution < -0.4 is 0 Å². The van der Waals surface area contributed by atoms with E-state index in [2.05, 4.69) is 38.5 Å². The number of benzene rings is 1. The van der Waals surface area contributed by atoms with Gasteiger partial charge >= 0.3 is 0 Å². The van der Waals surface area contributed by atoms with Gasteiger partial charge in [0, 0.05) is 8.45 Å². The molecule has 0 aliphatic carbocycles. The van der Waals surface area contributed by atoms with E-state index in [-0.39, 0.29) is 0 Å². The van der Waals surface area contributed by atoms with Crippen molar-refractivity contribution in [3.63, 3.8) is 0 Å². The van der Waals surface area contributed by atoms with Gasteiger partial charge in [0.15, 0.2) is 0 Å². The van der Waals surface area contributed by atoms with Crippen LogP contribution in [0.2, 0.25) is 5.02 Å². The van der Waals surface area contributed by atoms with Crippen LogP contribution in [0.5, 0.6) is 0 Å². The molecule has 1 nitrogen and oxygen atoms in total. The van der Waals surface area contributed by atoms with E-state index in [9.17, 15) is 5.11 Å². The summed E-state index contributed by atoms with van der Waals surface area (Å²) in [6.07, 6.45) is -0.606. The molecule has 0 saturated carbocycles. The van der Waals surface area contributed by atoms with Gasteiger partial charge in [-0.1, -0.05) is 17.7 Å². The Morgan fingerprint density at radius 1 is 1.31 bits per heavy atom. The molecule has 0 bridgehead atoms. The molecule has 1 unspecified atom stereocenters.